The van der Waals surface area contributed by atoms with Crippen LogP contribution < -0.4 is 16.0 Å². The summed E-state index contributed by atoms with van der Waals surface area (Å²) in [5.74, 6) is -1.16. The van der Waals surface area contributed by atoms with Crippen LogP contribution in [0.4, 0.5) is 11.4 Å². The smallest absolute Gasteiger partial charge is 0.253 e. The molecule has 1 aromatic carbocycles. The maximum absolute atomic E-state index is 12.7. The van der Waals surface area contributed by atoms with E-state index in [1.807, 2.05) is 11.8 Å². The molecule has 3 N–H and O–H groups in total. The summed E-state index contributed by atoms with van der Waals surface area (Å²) in [5, 5.41) is 2.77. The summed E-state index contributed by atoms with van der Waals surface area (Å²) in [7, 11) is 0. The van der Waals surface area contributed by atoms with E-state index in [1.165, 1.54) is 0 Å². The van der Waals surface area contributed by atoms with Gasteiger partial charge >= 0.3 is 0 Å². The maximum atomic E-state index is 12.7. The fourth-order valence-corrected chi connectivity index (χ4v) is 3.54. The van der Waals surface area contributed by atoms with Crippen molar-refractivity contribution in [3.63, 3.8) is 0 Å². The molecular weight excluding hydrogens is 348 g/mol. The van der Waals surface area contributed by atoms with Crippen LogP contribution in [-0.4, -0.2) is 61.0 Å². The molecule has 8 heteroatoms. The van der Waals surface area contributed by atoms with Crippen LogP contribution in [0.5, 0.6) is 0 Å². The van der Waals surface area contributed by atoms with Gasteiger partial charge in [-0.25, -0.2) is 0 Å². The summed E-state index contributed by atoms with van der Waals surface area (Å²) in [4.78, 5) is 40.1. The number of carbonyl (C=O) groups is 3. The zero-order valence-electron chi connectivity index (χ0n) is 15.5. The van der Waals surface area contributed by atoms with Crippen molar-refractivity contribution in [3.8, 4) is 0 Å². The molecule has 2 aliphatic rings. The Morgan fingerprint density at radius 3 is 2.56 bits per heavy atom. The third kappa shape index (κ3) is 4.28. The standard InChI is InChI=1S/C19H26N4O4/c1-2-22(14-4-3-5-14)17(18(20)25)19(26)21-13-6-8-15(9-7-13)23-10-11-27-12-16(23)24/h6-9,14,17H,2-5,10-12H2,1H3,(H2,20,25)(H,21,26)/t17-/m0/s1. The van der Waals surface area contributed by atoms with Gasteiger partial charge in [-0.05, 0) is 43.7 Å². The maximum Gasteiger partial charge on any atom is 0.253 e. The molecule has 0 spiro atoms. The highest BCUT2D eigenvalue weighted by atomic mass is 16.5. The van der Waals surface area contributed by atoms with Crippen molar-refractivity contribution in [2.24, 2.45) is 5.73 Å². The third-order valence-corrected chi connectivity index (χ3v) is 5.19. The van der Waals surface area contributed by atoms with E-state index in [2.05, 4.69) is 5.32 Å². The molecule has 146 valence electrons. The molecule has 27 heavy (non-hydrogen) atoms. The molecule has 3 amide bonds. The summed E-state index contributed by atoms with van der Waals surface area (Å²) in [6.07, 6.45) is 3.07. The zero-order valence-corrected chi connectivity index (χ0v) is 15.5. The van der Waals surface area contributed by atoms with Crippen molar-refractivity contribution in [1.29, 1.82) is 0 Å². The minimum atomic E-state index is -0.985. The number of nitrogens with one attached hydrogen (secondary N) is 1. The molecule has 0 radical (unpaired) electrons. The second-order valence-corrected chi connectivity index (χ2v) is 6.85. The lowest BCUT2D eigenvalue weighted by Crippen LogP contribution is -2.57. The van der Waals surface area contributed by atoms with Crippen LogP contribution in [-0.2, 0) is 19.1 Å². The normalized spacial score (nSPS) is 18.9. The second-order valence-electron chi connectivity index (χ2n) is 6.85. The molecule has 1 heterocycles. The van der Waals surface area contributed by atoms with Crippen LogP contribution >= 0.6 is 0 Å². The number of nitrogens with zero attached hydrogens (tertiary/aromatic N) is 2. The number of morpholine rings is 1. The summed E-state index contributed by atoms with van der Waals surface area (Å²) in [6, 6.07) is 6.21. The van der Waals surface area contributed by atoms with E-state index in [0.717, 1.165) is 24.9 Å². The highest BCUT2D eigenvalue weighted by Crippen LogP contribution is 2.27. The SMILES string of the molecule is CCN(C1CCC1)[C@@H](C(N)=O)C(=O)Nc1ccc(N2CCOCC2=O)cc1. The van der Waals surface area contributed by atoms with E-state index in [-0.39, 0.29) is 18.6 Å². The zero-order chi connectivity index (χ0) is 19.4. The highest BCUT2D eigenvalue weighted by molar-refractivity contribution is 6.09. The van der Waals surface area contributed by atoms with Crippen LogP contribution in [0.3, 0.4) is 0 Å². The van der Waals surface area contributed by atoms with Crippen LogP contribution in [0.2, 0.25) is 0 Å². The van der Waals surface area contributed by atoms with Crippen molar-refractivity contribution in [1.82, 2.24) is 4.90 Å². The number of carbonyl (C=O) groups excluding carboxylic acids is 3. The van der Waals surface area contributed by atoms with Gasteiger partial charge in [0.05, 0.1) is 6.61 Å². The minimum Gasteiger partial charge on any atom is -0.370 e. The van der Waals surface area contributed by atoms with E-state index < -0.39 is 17.9 Å². The van der Waals surface area contributed by atoms with Crippen molar-refractivity contribution in [3.05, 3.63) is 24.3 Å². The number of rotatable bonds is 7. The molecular formula is C19H26N4O4. The first-order valence-electron chi connectivity index (χ1n) is 9.35. The molecule has 1 aliphatic carbocycles. The Morgan fingerprint density at radius 2 is 2.04 bits per heavy atom. The van der Waals surface area contributed by atoms with Crippen molar-refractivity contribution >= 4 is 29.1 Å². The van der Waals surface area contributed by atoms with Crippen LogP contribution in [0.25, 0.3) is 0 Å². The fraction of sp³-hybridized carbons (Fsp3) is 0.526. The van der Waals surface area contributed by atoms with Gasteiger partial charge in [0.1, 0.15) is 6.61 Å². The predicted octanol–water partition coefficient (Wildman–Crippen LogP) is 0.717. The van der Waals surface area contributed by atoms with Gasteiger partial charge in [0.25, 0.3) is 11.8 Å². The molecule has 0 bridgehead atoms. The third-order valence-electron chi connectivity index (χ3n) is 5.19. The summed E-state index contributed by atoms with van der Waals surface area (Å²) >= 11 is 0. The molecule has 1 atom stereocenters. The minimum absolute atomic E-state index is 0.0762. The number of ether oxygens (including phenoxy) is 1. The highest BCUT2D eigenvalue weighted by Gasteiger charge is 2.37. The largest absolute Gasteiger partial charge is 0.370 e. The van der Waals surface area contributed by atoms with Gasteiger partial charge in [-0.1, -0.05) is 13.3 Å². The first-order valence-corrected chi connectivity index (χ1v) is 9.35. The van der Waals surface area contributed by atoms with E-state index in [9.17, 15) is 14.4 Å². The molecule has 0 unspecified atom stereocenters. The Bertz CT molecular complexity index is 702. The summed E-state index contributed by atoms with van der Waals surface area (Å²) < 4.78 is 5.13. The fourth-order valence-electron chi connectivity index (χ4n) is 3.54. The topological polar surface area (TPSA) is 105 Å². The van der Waals surface area contributed by atoms with Gasteiger partial charge in [0.15, 0.2) is 6.04 Å². The van der Waals surface area contributed by atoms with Crippen LogP contribution in [0, 0.1) is 0 Å². The van der Waals surface area contributed by atoms with Gasteiger partial charge in [-0.2, -0.15) is 0 Å². The van der Waals surface area contributed by atoms with E-state index in [1.54, 1.807) is 29.2 Å². The van der Waals surface area contributed by atoms with Gasteiger partial charge in [-0.15, -0.1) is 0 Å². The van der Waals surface area contributed by atoms with E-state index >= 15 is 0 Å². The first kappa shape index (κ1) is 19.3. The number of hydrogen-bond acceptors (Lipinski definition) is 5. The van der Waals surface area contributed by atoms with Crippen LogP contribution in [0.1, 0.15) is 26.2 Å². The molecule has 0 aromatic heterocycles. The Kier molecular flexibility index (Phi) is 6.08. The number of hydrogen-bond donors (Lipinski definition) is 2. The number of anilines is 2. The van der Waals surface area contributed by atoms with Crippen LogP contribution in [0.15, 0.2) is 24.3 Å². The van der Waals surface area contributed by atoms with Gasteiger partial charge in [-0.3, -0.25) is 19.3 Å². The number of likely N-dealkylation sites (N-methyl/N-ethyl adjacent to an activating group) is 1. The Labute approximate surface area is 158 Å². The average molecular weight is 374 g/mol. The lowest BCUT2D eigenvalue weighted by Gasteiger charge is -2.40. The van der Waals surface area contributed by atoms with E-state index in [4.69, 9.17) is 10.5 Å². The molecule has 8 nitrogen and oxygen atoms in total. The molecule has 3 rings (SSSR count). The number of nitrogens with two attached hydrogens (primary N) is 1. The predicted molar refractivity (Wildman–Crippen MR) is 101 cm³/mol. The quantitative estimate of drug-likeness (QED) is 0.684. The van der Waals surface area contributed by atoms with Gasteiger partial charge in [0, 0.05) is 24.0 Å². The average Bonchev–Trinajstić information content (AvgIpc) is 2.60. The molecule has 1 saturated carbocycles. The molecule has 1 aromatic rings. The molecule has 1 saturated heterocycles. The van der Waals surface area contributed by atoms with Crippen molar-refractivity contribution in [2.45, 2.75) is 38.3 Å². The molecule has 1 aliphatic heterocycles. The summed E-state index contributed by atoms with van der Waals surface area (Å²) in [5.41, 5.74) is 6.83. The second kappa shape index (κ2) is 8.49. The lowest BCUT2D eigenvalue weighted by molar-refractivity contribution is -0.134. The lowest BCUT2D eigenvalue weighted by atomic mass is 9.90. The first-order chi connectivity index (χ1) is 13.0. The Hall–Kier alpha value is -2.45. The molecule has 2 fully saturated rings. The number of amides is 3. The van der Waals surface area contributed by atoms with E-state index in [0.29, 0.717) is 25.4 Å². The van der Waals surface area contributed by atoms with Gasteiger partial charge < -0.3 is 20.7 Å². The van der Waals surface area contributed by atoms with Crippen molar-refractivity contribution in [2.75, 3.05) is 36.5 Å². The monoisotopic (exact) mass is 374 g/mol. The number of primary amides is 1. The number of benzene rings is 1. The summed E-state index contributed by atoms with van der Waals surface area (Å²) in [6.45, 7) is 3.59. The Balaban J connectivity index is 1.68. The van der Waals surface area contributed by atoms with Gasteiger partial charge in [0.2, 0.25) is 5.91 Å². The van der Waals surface area contributed by atoms with Crippen molar-refractivity contribution < 1.29 is 19.1 Å². The Morgan fingerprint density at radius 1 is 1.33 bits per heavy atom.